The van der Waals surface area contributed by atoms with Crippen molar-refractivity contribution in [3.63, 3.8) is 0 Å². The van der Waals surface area contributed by atoms with Crippen LogP contribution >= 0.6 is 11.8 Å². The molecular formula is C9H19NO2S. The molecule has 1 unspecified atom stereocenters. The van der Waals surface area contributed by atoms with E-state index in [0.717, 1.165) is 18.7 Å². The van der Waals surface area contributed by atoms with Crippen LogP contribution in [-0.4, -0.2) is 49.0 Å². The molecule has 0 aliphatic carbocycles. The van der Waals surface area contributed by atoms with Gasteiger partial charge in [-0.3, -0.25) is 0 Å². The van der Waals surface area contributed by atoms with E-state index in [1.165, 1.54) is 12.2 Å². The maximum atomic E-state index is 9.32. The van der Waals surface area contributed by atoms with Crippen LogP contribution in [0, 0.1) is 0 Å². The maximum Gasteiger partial charge on any atom is 0.0621 e. The molecular weight excluding hydrogens is 186 g/mol. The van der Waals surface area contributed by atoms with E-state index in [2.05, 4.69) is 5.32 Å². The van der Waals surface area contributed by atoms with E-state index in [-0.39, 0.29) is 12.1 Å². The van der Waals surface area contributed by atoms with Crippen LogP contribution in [0.1, 0.15) is 12.8 Å². The number of methoxy groups -OCH3 is 1. The highest BCUT2D eigenvalue weighted by molar-refractivity contribution is 7.99. The van der Waals surface area contributed by atoms with Gasteiger partial charge >= 0.3 is 0 Å². The second kappa shape index (κ2) is 5.86. The largest absolute Gasteiger partial charge is 0.394 e. The molecule has 3 nitrogen and oxygen atoms in total. The lowest BCUT2D eigenvalue weighted by atomic mass is 9.96. The average Bonchev–Trinajstić information content (AvgIpc) is 2.20. The van der Waals surface area contributed by atoms with Gasteiger partial charge in [-0.15, -0.1) is 0 Å². The molecule has 0 aromatic carbocycles. The molecule has 1 fully saturated rings. The Bertz CT molecular complexity index is 138. The van der Waals surface area contributed by atoms with Crippen molar-refractivity contribution in [2.24, 2.45) is 0 Å². The minimum absolute atomic E-state index is 0.0402. The summed E-state index contributed by atoms with van der Waals surface area (Å²) in [4.78, 5) is 0. The third-order valence-corrected chi connectivity index (χ3v) is 3.77. The summed E-state index contributed by atoms with van der Waals surface area (Å²) in [5.41, 5.74) is -0.0402. The van der Waals surface area contributed by atoms with Crippen LogP contribution in [0.3, 0.4) is 0 Å². The standard InChI is InChI=1S/C9H19NO2S/c1-12-5-4-10-9(7-11)3-2-6-13-8-9/h10-11H,2-8H2,1H3. The van der Waals surface area contributed by atoms with Crippen molar-refractivity contribution < 1.29 is 9.84 Å². The van der Waals surface area contributed by atoms with Gasteiger partial charge in [-0.25, -0.2) is 0 Å². The lowest BCUT2D eigenvalue weighted by molar-refractivity contribution is 0.142. The monoisotopic (exact) mass is 205 g/mol. The van der Waals surface area contributed by atoms with E-state index >= 15 is 0 Å². The highest BCUT2D eigenvalue weighted by Crippen LogP contribution is 2.26. The third-order valence-electron chi connectivity index (χ3n) is 2.43. The molecule has 0 spiro atoms. The first-order valence-corrected chi connectivity index (χ1v) is 5.91. The predicted octanol–water partition coefficient (Wildman–Crippen LogP) is 0.480. The minimum Gasteiger partial charge on any atom is -0.394 e. The number of aliphatic hydroxyl groups excluding tert-OH is 1. The number of thioether (sulfide) groups is 1. The zero-order valence-corrected chi connectivity index (χ0v) is 9.03. The summed E-state index contributed by atoms with van der Waals surface area (Å²) >= 11 is 1.92. The van der Waals surface area contributed by atoms with Gasteiger partial charge in [0.05, 0.1) is 18.8 Å². The third kappa shape index (κ3) is 3.46. The highest BCUT2D eigenvalue weighted by atomic mass is 32.2. The number of ether oxygens (including phenoxy) is 1. The molecule has 0 bridgehead atoms. The van der Waals surface area contributed by atoms with Crippen molar-refractivity contribution in [2.75, 3.05) is 38.4 Å². The molecule has 1 saturated heterocycles. The second-order valence-corrected chi connectivity index (χ2v) is 4.62. The minimum atomic E-state index is -0.0402. The zero-order chi connectivity index (χ0) is 9.57. The van der Waals surface area contributed by atoms with Crippen molar-refractivity contribution in [2.45, 2.75) is 18.4 Å². The van der Waals surface area contributed by atoms with E-state index < -0.39 is 0 Å². The van der Waals surface area contributed by atoms with Crippen molar-refractivity contribution in [1.82, 2.24) is 5.32 Å². The molecule has 1 aliphatic heterocycles. The van der Waals surface area contributed by atoms with Gasteiger partial charge in [0.15, 0.2) is 0 Å². The normalized spacial score (nSPS) is 29.1. The topological polar surface area (TPSA) is 41.5 Å². The number of nitrogens with one attached hydrogen (secondary N) is 1. The van der Waals surface area contributed by atoms with Gasteiger partial charge in [0.25, 0.3) is 0 Å². The van der Waals surface area contributed by atoms with Gasteiger partial charge in [0, 0.05) is 19.4 Å². The molecule has 0 saturated carbocycles. The molecule has 0 radical (unpaired) electrons. The first-order valence-electron chi connectivity index (χ1n) is 4.75. The molecule has 0 aromatic heterocycles. The SMILES string of the molecule is COCCNC1(CO)CCCSC1. The van der Waals surface area contributed by atoms with E-state index in [9.17, 15) is 5.11 Å². The first kappa shape index (κ1) is 11.3. The molecule has 1 heterocycles. The zero-order valence-electron chi connectivity index (χ0n) is 8.21. The summed E-state index contributed by atoms with van der Waals surface area (Å²) in [5.74, 6) is 2.25. The molecule has 13 heavy (non-hydrogen) atoms. The number of hydrogen-bond acceptors (Lipinski definition) is 4. The molecule has 4 heteroatoms. The Labute approximate surface area is 84.2 Å². The maximum absolute atomic E-state index is 9.32. The Morgan fingerprint density at radius 1 is 1.62 bits per heavy atom. The Morgan fingerprint density at radius 2 is 2.46 bits per heavy atom. The molecule has 78 valence electrons. The highest BCUT2D eigenvalue weighted by Gasteiger charge is 2.30. The summed E-state index contributed by atoms with van der Waals surface area (Å²) in [6.45, 7) is 1.79. The molecule has 1 atom stereocenters. The first-order chi connectivity index (χ1) is 6.33. The van der Waals surface area contributed by atoms with Gasteiger partial charge < -0.3 is 15.2 Å². The summed E-state index contributed by atoms with van der Waals surface area (Å²) in [7, 11) is 1.70. The van der Waals surface area contributed by atoms with Gasteiger partial charge in [0.2, 0.25) is 0 Å². The molecule has 1 rings (SSSR count). The van der Waals surface area contributed by atoms with Gasteiger partial charge in [-0.1, -0.05) is 0 Å². The Kier molecular flexibility index (Phi) is 5.09. The molecule has 1 aliphatic rings. The van der Waals surface area contributed by atoms with Crippen LogP contribution in [0.15, 0.2) is 0 Å². The smallest absolute Gasteiger partial charge is 0.0621 e. The second-order valence-electron chi connectivity index (χ2n) is 3.51. The van der Waals surface area contributed by atoms with Crippen molar-refractivity contribution in [3.05, 3.63) is 0 Å². The van der Waals surface area contributed by atoms with E-state index in [1.807, 2.05) is 11.8 Å². The van der Waals surface area contributed by atoms with E-state index in [4.69, 9.17) is 4.74 Å². The average molecular weight is 205 g/mol. The summed E-state index contributed by atoms with van der Waals surface area (Å²) < 4.78 is 4.97. The quantitative estimate of drug-likeness (QED) is 0.641. The lowest BCUT2D eigenvalue weighted by Crippen LogP contribution is -2.53. The van der Waals surface area contributed by atoms with Gasteiger partial charge in [-0.05, 0) is 18.6 Å². The summed E-state index contributed by atoms with van der Waals surface area (Å²) in [5, 5.41) is 12.7. The predicted molar refractivity (Wildman–Crippen MR) is 56.3 cm³/mol. The summed E-state index contributed by atoms with van der Waals surface area (Å²) in [6, 6.07) is 0. The van der Waals surface area contributed by atoms with Crippen LogP contribution < -0.4 is 5.32 Å². The van der Waals surface area contributed by atoms with Crippen LogP contribution in [0.2, 0.25) is 0 Å². The Hall–Kier alpha value is 0.230. The Balaban J connectivity index is 2.29. The van der Waals surface area contributed by atoms with Crippen molar-refractivity contribution in [3.8, 4) is 0 Å². The van der Waals surface area contributed by atoms with Crippen molar-refractivity contribution in [1.29, 1.82) is 0 Å². The van der Waals surface area contributed by atoms with Gasteiger partial charge in [0.1, 0.15) is 0 Å². The fourth-order valence-corrected chi connectivity index (χ4v) is 2.81. The van der Waals surface area contributed by atoms with Crippen LogP contribution in [0.4, 0.5) is 0 Å². The van der Waals surface area contributed by atoms with Crippen LogP contribution in [0.25, 0.3) is 0 Å². The van der Waals surface area contributed by atoms with Crippen LogP contribution in [-0.2, 0) is 4.74 Å². The number of rotatable bonds is 5. The van der Waals surface area contributed by atoms with Crippen LogP contribution in [0.5, 0.6) is 0 Å². The lowest BCUT2D eigenvalue weighted by Gasteiger charge is -2.36. The van der Waals surface area contributed by atoms with Gasteiger partial charge in [-0.2, -0.15) is 11.8 Å². The number of aliphatic hydroxyl groups is 1. The van der Waals surface area contributed by atoms with E-state index in [1.54, 1.807) is 7.11 Å². The molecule has 0 amide bonds. The Morgan fingerprint density at radius 3 is 3.00 bits per heavy atom. The fraction of sp³-hybridized carbons (Fsp3) is 1.00. The summed E-state index contributed by atoms with van der Waals surface area (Å²) in [6.07, 6.45) is 2.28. The molecule has 2 N–H and O–H groups in total. The fourth-order valence-electron chi connectivity index (χ4n) is 1.59. The number of hydrogen-bond donors (Lipinski definition) is 2. The van der Waals surface area contributed by atoms with Crippen molar-refractivity contribution >= 4 is 11.8 Å². The van der Waals surface area contributed by atoms with E-state index in [0.29, 0.717) is 6.61 Å². The molecule has 0 aromatic rings.